The van der Waals surface area contributed by atoms with Crippen LogP contribution >= 0.6 is 0 Å². The second kappa shape index (κ2) is 8.26. The lowest BCUT2D eigenvalue weighted by molar-refractivity contribution is -0.727. The summed E-state index contributed by atoms with van der Waals surface area (Å²) in [6.45, 7) is 4.52. The Morgan fingerprint density at radius 1 is 1.06 bits per heavy atom. The predicted molar refractivity (Wildman–Crippen MR) is 67.1 cm³/mol. The van der Waals surface area contributed by atoms with Crippen LogP contribution in [-0.4, -0.2) is 4.98 Å². The number of aromatic nitrogens is 2. The first-order valence-electron chi connectivity index (χ1n) is 6.69. The second-order valence-corrected chi connectivity index (χ2v) is 4.49. The Morgan fingerprint density at radius 2 is 1.81 bits per heavy atom. The second-order valence-electron chi connectivity index (χ2n) is 4.49. The van der Waals surface area contributed by atoms with Crippen LogP contribution < -0.4 is 4.57 Å². The number of rotatable bonds is 8. The van der Waals surface area contributed by atoms with Crippen molar-refractivity contribution in [2.45, 2.75) is 64.8 Å². The van der Waals surface area contributed by atoms with Crippen LogP contribution in [0.2, 0.25) is 0 Å². The van der Waals surface area contributed by atoms with Gasteiger partial charge in [-0.3, -0.25) is 0 Å². The summed E-state index contributed by atoms with van der Waals surface area (Å²) in [6.07, 6.45) is 15.1. The zero-order valence-electron chi connectivity index (χ0n) is 10.7. The number of unbranched alkanes of at least 4 members (excludes halogenated alkanes) is 3. The van der Waals surface area contributed by atoms with Gasteiger partial charge in [0.25, 0.3) is 6.33 Å². The molecule has 0 aliphatic carbocycles. The van der Waals surface area contributed by atoms with Crippen LogP contribution in [0.25, 0.3) is 0 Å². The maximum absolute atomic E-state index is 4.20. The minimum absolute atomic E-state index is 0.653. The van der Waals surface area contributed by atoms with Crippen LogP contribution in [0.5, 0.6) is 0 Å². The topological polar surface area (TPSA) is 16.8 Å². The highest BCUT2D eigenvalue weighted by molar-refractivity contribution is 4.70. The van der Waals surface area contributed by atoms with Crippen molar-refractivity contribution in [1.82, 2.24) is 4.98 Å². The Hall–Kier alpha value is -0.920. The van der Waals surface area contributed by atoms with Gasteiger partial charge in [0.05, 0.1) is 6.20 Å². The molecule has 0 N–H and O–H groups in total. The molecular formula is C14H25N2+. The third-order valence-corrected chi connectivity index (χ3v) is 3.08. The number of hydrogen-bond acceptors (Lipinski definition) is 1. The van der Waals surface area contributed by atoms with Gasteiger partial charge in [0.15, 0.2) is 0 Å². The first kappa shape index (κ1) is 13.1. The summed E-state index contributed by atoms with van der Waals surface area (Å²) in [7, 11) is 0. The van der Waals surface area contributed by atoms with E-state index < -0.39 is 0 Å². The molecule has 1 rings (SSSR count). The van der Waals surface area contributed by atoms with E-state index in [1.807, 2.05) is 18.6 Å². The molecule has 0 saturated carbocycles. The lowest BCUT2D eigenvalue weighted by atomic mass is 10.0. The Morgan fingerprint density at radius 3 is 2.44 bits per heavy atom. The van der Waals surface area contributed by atoms with Crippen molar-refractivity contribution >= 4 is 0 Å². The number of hydrogen-bond donors (Lipinski definition) is 0. The van der Waals surface area contributed by atoms with Gasteiger partial charge in [-0.2, -0.15) is 0 Å². The van der Waals surface area contributed by atoms with Crippen molar-refractivity contribution < 1.29 is 4.57 Å². The predicted octanol–water partition coefficient (Wildman–Crippen LogP) is 3.68. The maximum atomic E-state index is 4.20. The van der Waals surface area contributed by atoms with E-state index in [0.717, 1.165) is 0 Å². The van der Waals surface area contributed by atoms with Gasteiger partial charge in [-0.05, 0) is 25.7 Å². The molecular weight excluding hydrogens is 196 g/mol. The Bertz CT molecular complexity index is 259. The molecule has 0 amide bonds. The van der Waals surface area contributed by atoms with Gasteiger partial charge < -0.3 is 0 Å². The van der Waals surface area contributed by atoms with E-state index in [0.29, 0.717) is 6.04 Å². The van der Waals surface area contributed by atoms with Crippen molar-refractivity contribution in [3.63, 3.8) is 0 Å². The lowest BCUT2D eigenvalue weighted by Crippen LogP contribution is -2.39. The van der Waals surface area contributed by atoms with Gasteiger partial charge in [-0.25, -0.2) is 4.57 Å². The van der Waals surface area contributed by atoms with Crippen LogP contribution in [0.3, 0.4) is 0 Å². The quantitative estimate of drug-likeness (QED) is 0.483. The molecule has 0 fully saturated rings. The third-order valence-electron chi connectivity index (χ3n) is 3.08. The summed E-state index contributed by atoms with van der Waals surface area (Å²) in [5.41, 5.74) is 0. The van der Waals surface area contributed by atoms with Gasteiger partial charge in [0.1, 0.15) is 12.2 Å². The highest BCUT2D eigenvalue weighted by Crippen LogP contribution is 2.16. The van der Waals surface area contributed by atoms with E-state index in [2.05, 4.69) is 29.6 Å². The minimum atomic E-state index is 0.653. The van der Waals surface area contributed by atoms with E-state index in [-0.39, 0.29) is 0 Å². The van der Waals surface area contributed by atoms with E-state index in [4.69, 9.17) is 0 Å². The largest absolute Gasteiger partial charge is 0.286 e. The Kier molecular flexibility index (Phi) is 6.78. The summed E-state index contributed by atoms with van der Waals surface area (Å²) >= 11 is 0. The highest BCUT2D eigenvalue weighted by atomic mass is 15.0. The van der Waals surface area contributed by atoms with Gasteiger partial charge >= 0.3 is 0 Å². The highest BCUT2D eigenvalue weighted by Gasteiger charge is 2.13. The molecule has 0 aliphatic heterocycles. The fraction of sp³-hybridized carbons (Fsp3) is 0.714. The monoisotopic (exact) mass is 221 g/mol. The van der Waals surface area contributed by atoms with Gasteiger partial charge in [-0.1, -0.05) is 38.1 Å². The molecule has 2 nitrogen and oxygen atoms in total. The molecule has 0 aromatic carbocycles. The molecule has 0 aliphatic rings. The normalized spacial score (nSPS) is 12.6. The van der Waals surface area contributed by atoms with E-state index in [1.54, 1.807) is 0 Å². The van der Waals surface area contributed by atoms with Crippen LogP contribution in [0, 0.1) is 0 Å². The summed E-state index contributed by atoms with van der Waals surface area (Å²) in [5.74, 6) is 0. The van der Waals surface area contributed by atoms with Gasteiger partial charge in [0, 0.05) is 6.07 Å². The van der Waals surface area contributed by atoms with Gasteiger partial charge in [-0.15, -0.1) is 0 Å². The van der Waals surface area contributed by atoms with Crippen molar-refractivity contribution in [2.75, 3.05) is 0 Å². The van der Waals surface area contributed by atoms with E-state index in [1.165, 1.54) is 44.9 Å². The first-order chi connectivity index (χ1) is 7.88. The standard InChI is InChI=1S/C14H25N2/c1-3-5-7-10-14(9-6-4-2)16-12-8-11-15-13-16/h8,11-14H,3-7,9-10H2,1-2H3/q+1. The Labute approximate surface area is 99.7 Å². The van der Waals surface area contributed by atoms with E-state index in [9.17, 15) is 0 Å². The molecule has 1 heterocycles. The molecule has 1 unspecified atom stereocenters. The number of nitrogens with zero attached hydrogens (tertiary/aromatic N) is 2. The fourth-order valence-corrected chi connectivity index (χ4v) is 2.07. The summed E-state index contributed by atoms with van der Waals surface area (Å²) in [5, 5.41) is 0. The Balaban J connectivity index is 2.49. The molecule has 0 spiro atoms. The zero-order chi connectivity index (χ0) is 11.6. The SMILES string of the molecule is CCCCCC(CCCC)[n+]1cccnc1. The molecule has 90 valence electrons. The molecule has 2 heteroatoms. The average molecular weight is 221 g/mol. The van der Waals surface area contributed by atoms with Crippen LogP contribution in [0.4, 0.5) is 0 Å². The molecule has 1 aromatic rings. The lowest BCUT2D eigenvalue weighted by Gasteiger charge is -2.14. The van der Waals surface area contributed by atoms with E-state index >= 15 is 0 Å². The van der Waals surface area contributed by atoms with Crippen molar-refractivity contribution in [1.29, 1.82) is 0 Å². The summed E-state index contributed by atoms with van der Waals surface area (Å²) in [6, 6.07) is 2.68. The molecule has 16 heavy (non-hydrogen) atoms. The molecule has 0 bridgehead atoms. The molecule has 1 atom stereocenters. The smallest absolute Gasteiger partial charge is 0.235 e. The van der Waals surface area contributed by atoms with Crippen LogP contribution in [0.1, 0.15) is 64.8 Å². The third kappa shape index (κ3) is 4.73. The molecule has 0 saturated heterocycles. The minimum Gasteiger partial charge on any atom is -0.235 e. The maximum Gasteiger partial charge on any atom is 0.286 e. The van der Waals surface area contributed by atoms with Crippen molar-refractivity contribution in [2.24, 2.45) is 0 Å². The zero-order valence-corrected chi connectivity index (χ0v) is 10.7. The molecule has 0 radical (unpaired) electrons. The van der Waals surface area contributed by atoms with Crippen molar-refractivity contribution in [3.05, 3.63) is 24.8 Å². The fourth-order valence-electron chi connectivity index (χ4n) is 2.07. The van der Waals surface area contributed by atoms with Gasteiger partial charge in [0.2, 0.25) is 0 Å². The first-order valence-corrected chi connectivity index (χ1v) is 6.69. The summed E-state index contributed by atoms with van der Waals surface area (Å²) in [4.78, 5) is 4.20. The van der Waals surface area contributed by atoms with Crippen molar-refractivity contribution in [3.8, 4) is 0 Å². The summed E-state index contributed by atoms with van der Waals surface area (Å²) < 4.78 is 2.28. The van der Waals surface area contributed by atoms with Crippen LogP contribution in [-0.2, 0) is 0 Å². The molecule has 1 aromatic heterocycles. The average Bonchev–Trinajstić information content (AvgIpc) is 2.35. The van der Waals surface area contributed by atoms with Crippen LogP contribution in [0.15, 0.2) is 24.8 Å².